The van der Waals surface area contributed by atoms with Gasteiger partial charge in [0.15, 0.2) is 16.8 Å². The number of ether oxygens (including phenoxy) is 2. The number of hydrogen-bond acceptors (Lipinski definition) is 7. The Kier molecular flexibility index (Phi) is 7.88. The molecule has 1 aliphatic rings. The predicted molar refractivity (Wildman–Crippen MR) is 131 cm³/mol. The lowest BCUT2D eigenvalue weighted by Crippen LogP contribution is -2.18. The molecule has 0 unspecified atom stereocenters. The van der Waals surface area contributed by atoms with Crippen LogP contribution in [0.3, 0.4) is 0 Å². The molecule has 3 aromatic rings. The van der Waals surface area contributed by atoms with Crippen LogP contribution in [-0.4, -0.2) is 40.5 Å². The van der Waals surface area contributed by atoms with Crippen molar-refractivity contribution < 1.29 is 14.3 Å². The van der Waals surface area contributed by atoms with Crippen LogP contribution in [0.4, 0.5) is 5.69 Å². The number of aromatic nitrogens is 3. The number of benzene rings is 2. The molecule has 0 saturated heterocycles. The van der Waals surface area contributed by atoms with Crippen molar-refractivity contribution in [2.75, 3.05) is 25.3 Å². The van der Waals surface area contributed by atoms with E-state index in [4.69, 9.17) is 9.47 Å². The van der Waals surface area contributed by atoms with E-state index in [1.54, 1.807) is 26.4 Å². The maximum atomic E-state index is 12.7. The second-order valence-corrected chi connectivity index (χ2v) is 9.03. The van der Waals surface area contributed by atoms with Gasteiger partial charge in [0.1, 0.15) is 11.5 Å². The summed E-state index contributed by atoms with van der Waals surface area (Å²) in [4.78, 5) is 12.7. The summed E-state index contributed by atoms with van der Waals surface area (Å²) in [5.74, 6) is 2.83. The number of ketones is 1. The number of methoxy groups -OCH3 is 2. The number of anilines is 1. The fraction of sp³-hybridized carbons (Fsp3) is 0.400. The minimum Gasteiger partial charge on any atom is -0.497 e. The minimum absolute atomic E-state index is 0.0666. The summed E-state index contributed by atoms with van der Waals surface area (Å²) in [7, 11) is 3.28. The molecule has 0 atom stereocenters. The van der Waals surface area contributed by atoms with Gasteiger partial charge in [0, 0.05) is 23.4 Å². The molecule has 33 heavy (non-hydrogen) atoms. The molecule has 8 heteroatoms. The van der Waals surface area contributed by atoms with Crippen LogP contribution >= 0.6 is 11.8 Å². The Morgan fingerprint density at radius 3 is 2.52 bits per heavy atom. The van der Waals surface area contributed by atoms with Crippen LogP contribution in [0.1, 0.15) is 54.3 Å². The Labute approximate surface area is 198 Å². The van der Waals surface area contributed by atoms with Gasteiger partial charge in [-0.05, 0) is 49.2 Å². The standard InChI is InChI=1S/C25H30N4O3S/c1-31-21-13-11-18(12-14-21)23(30)17-33-25-28-27-24(29(25)20-8-4-3-5-9-20)16-26-19-7-6-10-22(15-19)32-2/h6-7,10-15,20,26H,3-5,8-9,16-17H2,1-2H3. The molecular weight excluding hydrogens is 436 g/mol. The number of hydrogen-bond donors (Lipinski definition) is 1. The Morgan fingerprint density at radius 2 is 1.79 bits per heavy atom. The molecule has 0 spiro atoms. The van der Waals surface area contributed by atoms with Crippen molar-refractivity contribution in [3.8, 4) is 11.5 Å². The molecule has 1 N–H and O–H groups in total. The zero-order chi connectivity index (χ0) is 23.0. The van der Waals surface area contributed by atoms with Crippen LogP contribution in [0.25, 0.3) is 0 Å². The summed E-state index contributed by atoms with van der Waals surface area (Å²) in [6, 6.07) is 15.4. The fourth-order valence-electron chi connectivity index (χ4n) is 4.14. The highest BCUT2D eigenvalue weighted by molar-refractivity contribution is 7.99. The lowest BCUT2D eigenvalue weighted by Gasteiger charge is -2.25. The fourth-order valence-corrected chi connectivity index (χ4v) is 5.06. The normalized spacial score (nSPS) is 14.1. The number of carbonyl (C=O) groups excluding carboxylic acids is 1. The largest absolute Gasteiger partial charge is 0.497 e. The van der Waals surface area contributed by atoms with Gasteiger partial charge in [-0.2, -0.15) is 0 Å². The molecule has 1 saturated carbocycles. The average Bonchev–Trinajstić information content (AvgIpc) is 3.29. The highest BCUT2D eigenvalue weighted by atomic mass is 32.2. The van der Waals surface area contributed by atoms with Gasteiger partial charge in [0.25, 0.3) is 0 Å². The van der Waals surface area contributed by atoms with E-state index < -0.39 is 0 Å². The SMILES string of the molecule is COc1ccc(C(=O)CSc2nnc(CNc3cccc(OC)c3)n2C2CCCCC2)cc1. The van der Waals surface area contributed by atoms with Gasteiger partial charge >= 0.3 is 0 Å². The third-order valence-corrected chi connectivity index (χ3v) is 6.88. The van der Waals surface area contributed by atoms with Gasteiger partial charge in [-0.25, -0.2) is 0 Å². The van der Waals surface area contributed by atoms with E-state index in [2.05, 4.69) is 20.1 Å². The summed E-state index contributed by atoms with van der Waals surface area (Å²) in [6.07, 6.45) is 5.92. The van der Waals surface area contributed by atoms with Crippen LogP contribution in [0.5, 0.6) is 11.5 Å². The highest BCUT2D eigenvalue weighted by Gasteiger charge is 2.23. The lowest BCUT2D eigenvalue weighted by atomic mass is 9.95. The van der Waals surface area contributed by atoms with Crippen LogP contribution in [0, 0.1) is 0 Å². The van der Waals surface area contributed by atoms with E-state index in [1.807, 2.05) is 36.4 Å². The molecule has 1 aliphatic carbocycles. The van der Waals surface area contributed by atoms with E-state index in [9.17, 15) is 4.79 Å². The minimum atomic E-state index is 0.0666. The molecule has 1 heterocycles. The summed E-state index contributed by atoms with van der Waals surface area (Å²) in [5, 5.41) is 13.2. The van der Waals surface area contributed by atoms with Crippen LogP contribution < -0.4 is 14.8 Å². The highest BCUT2D eigenvalue weighted by Crippen LogP contribution is 2.33. The van der Waals surface area contributed by atoms with Gasteiger partial charge in [-0.3, -0.25) is 4.79 Å². The Hall–Kier alpha value is -3.00. The first-order chi connectivity index (χ1) is 16.2. The molecule has 0 bridgehead atoms. The van der Waals surface area contributed by atoms with Gasteiger partial charge in [-0.1, -0.05) is 37.1 Å². The predicted octanol–water partition coefficient (Wildman–Crippen LogP) is 5.39. The number of thioether (sulfide) groups is 1. The zero-order valence-corrected chi connectivity index (χ0v) is 19.9. The van der Waals surface area contributed by atoms with Crippen molar-refractivity contribution in [2.45, 2.75) is 49.8 Å². The van der Waals surface area contributed by atoms with E-state index in [1.165, 1.54) is 31.0 Å². The maximum Gasteiger partial charge on any atom is 0.191 e. The van der Waals surface area contributed by atoms with Crippen molar-refractivity contribution in [1.29, 1.82) is 0 Å². The van der Waals surface area contributed by atoms with E-state index >= 15 is 0 Å². The monoisotopic (exact) mass is 466 g/mol. The van der Waals surface area contributed by atoms with Crippen molar-refractivity contribution in [3.05, 3.63) is 59.9 Å². The first kappa shape index (κ1) is 23.2. The second kappa shape index (κ2) is 11.2. The maximum absolute atomic E-state index is 12.7. The number of carbonyl (C=O) groups is 1. The molecule has 174 valence electrons. The molecular formula is C25H30N4O3S. The quantitative estimate of drug-likeness (QED) is 0.317. The lowest BCUT2D eigenvalue weighted by molar-refractivity contribution is 0.102. The van der Waals surface area contributed by atoms with Gasteiger partial charge in [0.05, 0.1) is 26.5 Å². The summed E-state index contributed by atoms with van der Waals surface area (Å²) >= 11 is 1.46. The molecule has 4 rings (SSSR count). The van der Waals surface area contributed by atoms with Crippen molar-refractivity contribution in [3.63, 3.8) is 0 Å². The Bertz CT molecular complexity index is 1060. The third kappa shape index (κ3) is 5.87. The van der Waals surface area contributed by atoms with Crippen LogP contribution in [0.15, 0.2) is 53.7 Å². The molecule has 7 nitrogen and oxygen atoms in total. The van der Waals surface area contributed by atoms with Crippen LogP contribution in [0.2, 0.25) is 0 Å². The average molecular weight is 467 g/mol. The molecule has 0 radical (unpaired) electrons. The summed E-state index contributed by atoms with van der Waals surface area (Å²) in [5.41, 5.74) is 1.64. The van der Waals surface area contributed by atoms with E-state index in [0.29, 0.717) is 23.9 Å². The number of rotatable bonds is 10. The van der Waals surface area contributed by atoms with E-state index in [-0.39, 0.29) is 5.78 Å². The van der Waals surface area contributed by atoms with Gasteiger partial charge < -0.3 is 19.4 Å². The molecule has 0 aliphatic heterocycles. The van der Waals surface area contributed by atoms with Crippen molar-refractivity contribution in [2.24, 2.45) is 0 Å². The molecule has 1 aromatic heterocycles. The molecule has 0 amide bonds. The first-order valence-corrected chi connectivity index (χ1v) is 12.3. The van der Waals surface area contributed by atoms with E-state index in [0.717, 1.165) is 41.0 Å². The zero-order valence-electron chi connectivity index (χ0n) is 19.1. The smallest absolute Gasteiger partial charge is 0.191 e. The van der Waals surface area contributed by atoms with Gasteiger partial charge in [-0.15, -0.1) is 10.2 Å². The molecule has 1 fully saturated rings. The number of nitrogens with zero attached hydrogens (tertiary/aromatic N) is 3. The molecule has 2 aromatic carbocycles. The number of Topliss-reactive ketones (excluding diaryl/α,β-unsaturated/α-hetero) is 1. The first-order valence-electron chi connectivity index (χ1n) is 11.3. The van der Waals surface area contributed by atoms with Gasteiger partial charge in [0.2, 0.25) is 0 Å². The second-order valence-electron chi connectivity index (χ2n) is 8.09. The Balaban J connectivity index is 1.48. The third-order valence-electron chi connectivity index (χ3n) is 5.94. The Morgan fingerprint density at radius 1 is 1.03 bits per heavy atom. The van der Waals surface area contributed by atoms with Crippen molar-refractivity contribution >= 4 is 23.2 Å². The van der Waals surface area contributed by atoms with Crippen LogP contribution in [-0.2, 0) is 6.54 Å². The number of nitrogens with one attached hydrogen (secondary N) is 1. The summed E-state index contributed by atoms with van der Waals surface area (Å²) < 4.78 is 12.7. The summed E-state index contributed by atoms with van der Waals surface area (Å²) in [6.45, 7) is 0.559. The topological polar surface area (TPSA) is 78.3 Å². The van der Waals surface area contributed by atoms with Crippen molar-refractivity contribution in [1.82, 2.24) is 14.8 Å².